The van der Waals surface area contributed by atoms with Crippen LogP contribution in [-0.2, 0) is 6.67 Å². The van der Waals surface area contributed by atoms with E-state index in [9.17, 15) is 4.39 Å². The van der Waals surface area contributed by atoms with Gasteiger partial charge in [-0.3, -0.25) is 0 Å². The Morgan fingerprint density at radius 1 is 1.75 bits per heavy atom. The highest BCUT2D eigenvalue weighted by Crippen LogP contribution is 2.15. The molecule has 0 aliphatic carbocycles. The van der Waals surface area contributed by atoms with Crippen LogP contribution in [-0.4, -0.2) is 0 Å². The number of hydrogen-bond acceptors (Lipinski definition) is 1. The number of alkyl halides is 1. The molecule has 0 aliphatic heterocycles. The zero-order chi connectivity index (χ0) is 5.98. The monoisotopic (exact) mass is 130 g/mol. The maximum Gasteiger partial charge on any atom is 0.116 e. The van der Waals surface area contributed by atoms with Crippen molar-refractivity contribution >= 4 is 11.3 Å². The van der Waals surface area contributed by atoms with Gasteiger partial charge in [0.2, 0.25) is 0 Å². The molecule has 8 heavy (non-hydrogen) atoms. The number of halogens is 1. The molecule has 0 spiro atoms. The lowest BCUT2D eigenvalue weighted by molar-refractivity contribution is 0.485. The van der Waals surface area contributed by atoms with Gasteiger partial charge in [-0.25, -0.2) is 4.39 Å². The lowest BCUT2D eigenvalue weighted by atomic mass is 10.3. The molecule has 0 saturated carbocycles. The third-order valence-corrected chi connectivity index (χ3v) is 2.00. The van der Waals surface area contributed by atoms with Gasteiger partial charge < -0.3 is 0 Å². The van der Waals surface area contributed by atoms with Crippen LogP contribution in [0.1, 0.15) is 10.4 Å². The van der Waals surface area contributed by atoms with Crippen molar-refractivity contribution in [3.63, 3.8) is 0 Å². The highest BCUT2D eigenvalue weighted by atomic mass is 32.1. The molecule has 0 amide bonds. The fraction of sp³-hybridized carbons (Fsp3) is 0.333. The average molecular weight is 130 g/mol. The maximum atomic E-state index is 11.8. The second-order valence-electron chi connectivity index (χ2n) is 1.64. The Morgan fingerprint density at radius 3 is 2.75 bits per heavy atom. The normalized spacial score (nSPS) is 9.75. The third kappa shape index (κ3) is 0.892. The Morgan fingerprint density at radius 2 is 2.50 bits per heavy atom. The first-order valence-electron chi connectivity index (χ1n) is 2.43. The van der Waals surface area contributed by atoms with Gasteiger partial charge in [0, 0.05) is 4.88 Å². The van der Waals surface area contributed by atoms with Crippen LogP contribution >= 0.6 is 11.3 Å². The zero-order valence-corrected chi connectivity index (χ0v) is 5.46. The standard InChI is InChI=1S/C6H7FS/c1-5-6(4-7)2-3-8-5/h2-3H,4H2,1H3. The maximum absolute atomic E-state index is 11.8. The van der Waals surface area contributed by atoms with Crippen LogP contribution in [0.5, 0.6) is 0 Å². The summed E-state index contributed by atoms with van der Waals surface area (Å²) in [5.74, 6) is 0. The Labute approximate surface area is 52.0 Å². The Bertz CT molecular complexity index is 169. The smallest absolute Gasteiger partial charge is 0.116 e. The van der Waals surface area contributed by atoms with E-state index < -0.39 is 0 Å². The van der Waals surface area contributed by atoms with Crippen molar-refractivity contribution in [1.82, 2.24) is 0 Å². The van der Waals surface area contributed by atoms with Gasteiger partial charge in [0.05, 0.1) is 0 Å². The lowest BCUT2D eigenvalue weighted by Crippen LogP contribution is -1.72. The van der Waals surface area contributed by atoms with Crippen molar-refractivity contribution in [1.29, 1.82) is 0 Å². The van der Waals surface area contributed by atoms with Crippen molar-refractivity contribution in [2.75, 3.05) is 0 Å². The molecule has 0 saturated heterocycles. The molecule has 2 heteroatoms. The summed E-state index contributed by atoms with van der Waals surface area (Å²) in [4.78, 5) is 1.09. The number of thiophene rings is 1. The van der Waals surface area contributed by atoms with Crippen molar-refractivity contribution < 1.29 is 4.39 Å². The molecule has 0 nitrogen and oxygen atoms in total. The van der Waals surface area contributed by atoms with E-state index in [1.54, 1.807) is 11.3 Å². The first kappa shape index (κ1) is 5.76. The molecule has 1 rings (SSSR count). The van der Waals surface area contributed by atoms with Gasteiger partial charge in [0.1, 0.15) is 6.67 Å². The Kier molecular flexibility index (Phi) is 1.63. The van der Waals surface area contributed by atoms with Gasteiger partial charge in [0.25, 0.3) is 0 Å². The first-order chi connectivity index (χ1) is 3.84. The number of hydrogen-bond donors (Lipinski definition) is 0. The van der Waals surface area contributed by atoms with Crippen LogP contribution in [0.15, 0.2) is 11.4 Å². The van der Waals surface area contributed by atoms with Gasteiger partial charge in [-0.15, -0.1) is 11.3 Å². The van der Waals surface area contributed by atoms with E-state index in [1.165, 1.54) is 0 Å². The lowest BCUT2D eigenvalue weighted by Gasteiger charge is -1.85. The van der Waals surface area contributed by atoms with Crippen LogP contribution < -0.4 is 0 Å². The summed E-state index contributed by atoms with van der Waals surface area (Å²) in [7, 11) is 0. The minimum atomic E-state index is -0.324. The average Bonchev–Trinajstić information content (AvgIpc) is 2.14. The third-order valence-electron chi connectivity index (χ3n) is 1.11. The summed E-state index contributed by atoms with van der Waals surface area (Å²) in [6, 6.07) is 1.82. The van der Waals surface area contributed by atoms with E-state index in [2.05, 4.69) is 0 Å². The Balaban J connectivity index is 2.92. The van der Waals surface area contributed by atoms with Crippen molar-refractivity contribution in [3.8, 4) is 0 Å². The van der Waals surface area contributed by atoms with Crippen LogP contribution in [0.3, 0.4) is 0 Å². The SMILES string of the molecule is Cc1sccc1CF. The summed E-state index contributed by atoms with van der Waals surface area (Å²) in [6.45, 7) is 1.61. The molecular weight excluding hydrogens is 123 g/mol. The Hall–Kier alpha value is -0.370. The second-order valence-corrected chi connectivity index (χ2v) is 2.76. The second kappa shape index (κ2) is 2.27. The highest BCUT2D eigenvalue weighted by Gasteiger charge is 1.94. The van der Waals surface area contributed by atoms with Crippen molar-refractivity contribution in [2.24, 2.45) is 0 Å². The quantitative estimate of drug-likeness (QED) is 0.548. The van der Waals surface area contributed by atoms with Crippen LogP contribution in [0, 0.1) is 6.92 Å². The molecule has 1 aromatic heterocycles. The highest BCUT2D eigenvalue weighted by molar-refractivity contribution is 7.10. The van der Waals surface area contributed by atoms with E-state index in [-0.39, 0.29) is 6.67 Å². The molecule has 0 bridgehead atoms. The molecule has 0 aromatic carbocycles. The summed E-state index contributed by atoms with van der Waals surface area (Å²) >= 11 is 1.59. The molecule has 44 valence electrons. The topological polar surface area (TPSA) is 0 Å². The van der Waals surface area contributed by atoms with Gasteiger partial charge in [0.15, 0.2) is 0 Å². The molecular formula is C6H7FS. The minimum absolute atomic E-state index is 0.324. The molecule has 0 radical (unpaired) electrons. The van der Waals surface area contributed by atoms with Crippen LogP contribution in [0.2, 0.25) is 0 Å². The first-order valence-corrected chi connectivity index (χ1v) is 3.31. The fourth-order valence-electron chi connectivity index (χ4n) is 0.550. The van der Waals surface area contributed by atoms with E-state index in [0.29, 0.717) is 0 Å². The van der Waals surface area contributed by atoms with Crippen molar-refractivity contribution in [2.45, 2.75) is 13.6 Å². The zero-order valence-electron chi connectivity index (χ0n) is 4.65. The molecule has 1 aromatic rings. The summed E-state index contributed by atoms with van der Waals surface area (Å²) in [5.41, 5.74) is 0.829. The summed E-state index contributed by atoms with van der Waals surface area (Å²) in [5, 5.41) is 1.91. The fourth-order valence-corrected chi connectivity index (χ4v) is 1.26. The summed E-state index contributed by atoms with van der Waals surface area (Å²) < 4.78 is 11.8. The summed E-state index contributed by atoms with van der Waals surface area (Å²) in [6.07, 6.45) is 0. The van der Waals surface area contributed by atoms with Crippen LogP contribution in [0.25, 0.3) is 0 Å². The van der Waals surface area contributed by atoms with Gasteiger partial charge >= 0.3 is 0 Å². The van der Waals surface area contributed by atoms with Crippen molar-refractivity contribution in [3.05, 3.63) is 21.9 Å². The largest absolute Gasteiger partial charge is 0.246 e. The van der Waals surface area contributed by atoms with E-state index in [0.717, 1.165) is 10.4 Å². The molecule has 0 unspecified atom stereocenters. The number of aryl methyl sites for hydroxylation is 1. The van der Waals surface area contributed by atoms with E-state index in [1.807, 2.05) is 18.4 Å². The number of rotatable bonds is 1. The predicted octanol–water partition coefficient (Wildman–Crippen LogP) is 2.53. The molecule has 0 fully saturated rings. The molecule has 0 atom stereocenters. The predicted molar refractivity (Wildman–Crippen MR) is 33.9 cm³/mol. The van der Waals surface area contributed by atoms with Gasteiger partial charge in [-0.2, -0.15) is 0 Å². The molecule has 0 aliphatic rings. The van der Waals surface area contributed by atoms with E-state index in [4.69, 9.17) is 0 Å². The van der Waals surface area contributed by atoms with Gasteiger partial charge in [-0.1, -0.05) is 0 Å². The van der Waals surface area contributed by atoms with Gasteiger partial charge in [-0.05, 0) is 23.9 Å². The minimum Gasteiger partial charge on any atom is -0.246 e. The molecule has 1 heterocycles. The van der Waals surface area contributed by atoms with Crippen LogP contribution in [0.4, 0.5) is 4.39 Å². The van der Waals surface area contributed by atoms with E-state index >= 15 is 0 Å². The molecule has 0 N–H and O–H groups in total.